The smallest absolute Gasteiger partial charge is 0.156 e. The number of benzene rings is 1. The fraction of sp³-hybridized carbons (Fsp3) is 0.250. The summed E-state index contributed by atoms with van der Waals surface area (Å²) in [6.07, 6.45) is 2.74. The minimum atomic E-state index is 0.457. The number of rotatable bonds is 3. The van der Waals surface area contributed by atoms with Gasteiger partial charge in [-0.2, -0.15) is 5.10 Å². The average molecular weight is 360 g/mol. The molecule has 0 unspecified atom stereocenters. The summed E-state index contributed by atoms with van der Waals surface area (Å²) in [7, 11) is 0. The van der Waals surface area contributed by atoms with E-state index in [4.69, 9.17) is 20.6 Å². The number of ether oxygens (including phenoxy) is 1. The fourth-order valence-corrected chi connectivity index (χ4v) is 3.56. The summed E-state index contributed by atoms with van der Waals surface area (Å²) in [5.41, 5.74) is 11.7. The van der Waals surface area contributed by atoms with Crippen LogP contribution in [0.1, 0.15) is 18.3 Å². The molecule has 0 radical (unpaired) electrons. The third-order valence-electron chi connectivity index (χ3n) is 4.95. The molecule has 7 nitrogen and oxygen atoms in total. The maximum absolute atomic E-state index is 5.81. The van der Waals surface area contributed by atoms with Crippen LogP contribution in [0.15, 0.2) is 42.6 Å². The van der Waals surface area contributed by atoms with Crippen LogP contribution in [0.2, 0.25) is 0 Å². The molecule has 4 aromatic rings. The summed E-state index contributed by atoms with van der Waals surface area (Å²) in [5, 5.41) is 4.74. The van der Waals surface area contributed by atoms with Gasteiger partial charge in [-0.05, 0) is 24.1 Å². The second kappa shape index (κ2) is 6.21. The zero-order valence-corrected chi connectivity index (χ0v) is 15.1. The van der Waals surface area contributed by atoms with Gasteiger partial charge in [0.05, 0.1) is 24.2 Å². The molecule has 0 saturated carbocycles. The number of nitrogens with zero attached hydrogens (tertiary/aromatic N) is 5. The Morgan fingerprint density at radius 1 is 1.11 bits per heavy atom. The highest BCUT2D eigenvalue weighted by Crippen LogP contribution is 2.33. The molecule has 0 spiro atoms. The normalized spacial score (nSPS) is 13.8. The number of nitrogen functional groups attached to an aromatic ring is 1. The number of imidazole rings is 2. The van der Waals surface area contributed by atoms with Gasteiger partial charge in [-0.15, -0.1) is 0 Å². The molecule has 0 aliphatic carbocycles. The molecule has 0 bridgehead atoms. The van der Waals surface area contributed by atoms with Crippen LogP contribution in [-0.2, 0) is 24.3 Å². The van der Waals surface area contributed by atoms with Gasteiger partial charge in [0.25, 0.3) is 0 Å². The Bertz CT molecular complexity index is 1130. The number of hydrogen-bond donors (Lipinski definition) is 1. The van der Waals surface area contributed by atoms with Gasteiger partial charge in [0.1, 0.15) is 23.9 Å². The van der Waals surface area contributed by atoms with E-state index in [1.165, 1.54) is 5.56 Å². The lowest BCUT2D eigenvalue weighted by Crippen LogP contribution is -2.17. The Morgan fingerprint density at radius 3 is 2.78 bits per heavy atom. The number of aromatic nitrogens is 5. The van der Waals surface area contributed by atoms with E-state index in [9.17, 15) is 0 Å². The molecule has 7 heteroatoms. The van der Waals surface area contributed by atoms with Crippen molar-refractivity contribution >= 4 is 11.5 Å². The lowest BCUT2D eigenvalue weighted by molar-refractivity contribution is 0.0821. The minimum absolute atomic E-state index is 0.457. The highest BCUT2D eigenvalue weighted by atomic mass is 16.5. The second-order valence-electron chi connectivity index (χ2n) is 6.67. The van der Waals surface area contributed by atoms with Gasteiger partial charge in [0.15, 0.2) is 5.65 Å². The molecular weight excluding hydrogens is 340 g/mol. The zero-order chi connectivity index (χ0) is 18.4. The number of hydrogen-bond acceptors (Lipinski definition) is 5. The monoisotopic (exact) mass is 360 g/mol. The molecule has 4 heterocycles. The highest BCUT2D eigenvalue weighted by molar-refractivity contribution is 5.78. The molecule has 27 heavy (non-hydrogen) atoms. The van der Waals surface area contributed by atoms with E-state index in [0.717, 1.165) is 47.1 Å². The first-order chi connectivity index (χ1) is 13.2. The van der Waals surface area contributed by atoms with E-state index in [-0.39, 0.29) is 0 Å². The standard InChI is InChI=1S/C20H20N6O/c1-2-13-3-5-14(6-4-13)19-20(25-9-10-27-12-18(25)23-19)15-7-8-17-22-16(21)11-26(17)24-15/h3-8,11H,2,9-10,12,21H2,1H3. The first kappa shape index (κ1) is 16.0. The number of fused-ring (bicyclic) bond motifs is 2. The predicted molar refractivity (Wildman–Crippen MR) is 103 cm³/mol. The van der Waals surface area contributed by atoms with Crippen LogP contribution in [-0.4, -0.2) is 30.8 Å². The number of nitrogens with two attached hydrogens (primary N) is 1. The van der Waals surface area contributed by atoms with E-state index < -0.39 is 0 Å². The Morgan fingerprint density at radius 2 is 1.96 bits per heavy atom. The second-order valence-corrected chi connectivity index (χ2v) is 6.67. The zero-order valence-electron chi connectivity index (χ0n) is 15.1. The molecule has 0 atom stereocenters. The summed E-state index contributed by atoms with van der Waals surface area (Å²) < 4.78 is 9.54. The maximum atomic E-state index is 5.81. The lowest BCUT2D eigenvalue weighted by Gasteiger charge is -2.17. The van der Waals surface area contributed by atoms with Crippen molar-refractivity contribution in [1.82, 2.24) is 24.1 Å². The van der Waals surface area contributed by atoms with Crippen molar-refractivity contribution in [3.8, 4) is 22.6 Å². The summed E-state index contributed by atoms with van der Waals surface area (Å²) in [6, 6.07) is 12.5. The number of anilines is 1. The molecule has 1 aliphatic rings. The minimum Gasteiger partial charge on any atom is -0.382 e. The molecule has 1 aromatic carbocycles. The van der Waals surface area contributed by atoms with Crippen molar-refractivity contribution in [2.45, 2.75) is 26.5 Å². The van der Waals surface area contributed by atoms with Crippen LogP contribution >= 0.6 is 0 Å². The molecule has 0 fully saturated rings. The third-order valence-corrected chi connectivity index (χ3v) is 4.95. The molecule has 2 N–H and O–H groups in total. The molecule has 5 rings (SSSR count). The predicted octanol–water partition coefficient (Wildman–Crippen LogP) is 2.93. The topological polar surface area (TPSA) is 83.3 Å². The largest absolute Gasteiger partial charge is 0.382 e. The van der Waals surface area contributed by atoms with Gasteiger partial charge in [-0.1, -0.05) is 31.2 Å². The van der Waals surface area contributed by atoms with E-state index in [1.54, 1.807) is 10.7 Å². The molecule has 0 saturated heterocycles. The van der Waals surface area contributed by atoms with Gasteiger partial charge in [-0.25, -0.2) is 14.5 Å². The van der Waals surface area contributed by atoms with Gasteiger partial charge in [0, 0.05) is 12.1 Å². The Labute approximate surface area is 156 Å². The van der Waals surface area contributed by atoms with E-state index >= 15 is 0 Å². The quantitative estimate of drug-likeness (QED) is 0.607. The van der Waals surface area contributed by atoms with Crippen LogP contribution < -0.4 is 5.73 Å². The summed E-state index contributed by atoms with van der Waals surface area (Å²) in [5.74, 6) is 1.39. The molecule has 3 aromatic heterocycles. The SMILES string of the molecule is CCc1ccc(-c2nc3n(c2-c2ccc4nc(N)cn4n2)CCOC3)cc1. The molecular formula is C20H20N6O. The summed E-state index contributed by atoms with van der Waals surface area (Å²) in [6.45, 7) is 4.10. The van der Waals surface area contributed by atoms with Crippen LogP contribution in [0.5, 0.6) is 0 Å². The summed E-state index contributed by atoms with van der Waals surface area (Å²) in [4.78, 5) is 9.15. The maximum Gasteiger partial charge on any atom is 0.156 e. The average Bonchev–Trinajstić information content (AvgIpc) is 3.27. The van der Waals surface area contributed by atoms with Crippen molar-refractivity contribution < 1.29 is 4.74 Å². The van der Waals surface area contributed by atoms with Crippen LogP contribution in [0, 0.1) is 0 Å². The Hall–Kier alpha value is -3.19. The summed E-state index contributed by atoms with van der Waals surface area (Å²) >= 11 is 0. The van der Waals surface area contributed by atoms with Crippen LogP contribution in [0.25, 0.3) is 28.3 Å². The van der Waals surface area contributed by atoms with Crippen molar-refractivity contribution in [3.05, 3.63) is 54.0 Å². The van der Waals surface area contributed by atoms with E-state index in [2.05, 4.69) is 40.7 Å². The van der Waals surface area contributed by atoms with Crippen molar-refractivity contribution in [2.24, 2.45) is 0 Å². The van der Waals surface area contributed by atoms with Crippen molar-refractivity contribution in [3.63, 3.8) is 0 Å². The van der Waals surface area contributed by atoms with Crippen molar-refractivity contribution in [2.75, 3.05) is 12.3 Å². The Kier molecular flexibility index (Phi) is 3.68. The molecule has 0 amide bonds. The van der Waals surface area contributed by atoms with Gasteiger partial charge >= 0.3 is 0 Å². The van der Waals surface area contributed by atoms with Gasteiger partial charge in [0.2, 0.25) is 0 Å². The number of aryl methyl sites for hydroxylation is 1. The molecule has 136 valence electrons. The first-order valence-corrected chi connectivity index (χ1v) is 9.11. The van der Waals surface area contributed by atoms with Crippen LogP contribution in [0.3, 0.4) is 0 Å². The first-order valence-electron chi connectivity index (χ1n) is 9.11. The van der Waals surface area contributed by atoms with Gasteiger partial charge < -0.3 is 15.0 Å². The van der Waals surface area contributed by atoms with E-state index in [0.29, 0.717) is 19.0 Å². The van der Waals surface area contributed by atoms with E-state index in [1.807, 2.05) is 12.1 Å². The van der Waals surface area contributed by atoms with Crippen molar-refractivity contribution in [1.29, 1.82) is 0 Å². The molecule has 1 aliphatic heterocycles. The lowest BCUT2D eigenvalue weighted by atomic mass is 10.0. The Balaban J connectivity index is 1.71. The fourth-order valence-electron chi connectivity index (χ4n) is 3.56. The highest BCUT2D eigenvalue weighted by Gasteiger charge is 2.23. The third kappa shape index (κ3) is 2.67. The van der Waals surface area contributed by atoms with Gasteiger partial charge in [-0.3, -0.25) is 0 Å². The van der Waals surface area contributed by atoms with Crippen LogP contribution in [0.4, 0.5) is 5.82 Å².